The van der Waals surface area contributed by atoms with E-state index in [0.29, 0.717) is 44.9 Å². The van der Waals surface area contributed by atoms with Crippen LogP contribution in [0, 0.1) is 0 Å². The number of aromatic nitrogens is 1. The molecule has 1 aromatic heterocycles. The van der Waals surface area contributed by atoms with Crippen LogP contribution in [0.25, 0.3) is 72.0 Å². The van der Waals surface area contributed by atoms with Crippen LogP contribution in [0.5, 0.6) is 11.5 Å². The Kier molecular flexibility index (Phi) is 10.9. The Hall–Kier alpha value is -9.90. The highest BCUT2D eigenvalue weighted by molar-refractivity contribution is 6.99. The first-order valence-corrected chi connectivity index (χ1v) is 32.5. The maximum Gasteiger partial charge on any atom is 0.256 e. The Bertz CT molecular complexity index is 5530. The summed E-state index contributed by atoms with van der Waals surface area (Å²) in [6.07, 6.45) is 0. The molecule has 4 heteroatoms. The van der Waals surface area contributed by atoms with Crippen molar-refractivity contribution in [2.75, 3.05) is 4.90 Å². The second-order valence-corrected chi connectivity index (χ2v) is 29.7. The summed E-state index contributed by atoms with van der Waals surface area (Å²) in [6.45, 7) is 26.7. The highest BCUT2D eigenvalue weighted by atomic mass is 16.5. The summed E-state index contributed by atoms with van der Waals surface area (Å²) < 4.78 is 104. The predicted octanol–water partition coefficient (Wildman–Crippen LogP) is 21.7. The van der Waals surface area contributed by atoms with E-state index in [4.69, 9.17) is 7.48 Å². The molecule has 0 saturated heterocycles. The van der Waals surface area contributed by atoms with Crippen LogP contribution < -0.4 is 26.0 Å². The molecule has 0 amide bonds. The topological polar surface area (TPSA) is 17.4 Å². The highest BCUT2D eigenvalue weighted by Gasteiger charge is 2.49. The first-order valence-electron chi connectivity index (χ1n) is 37.5. The van der Waals surface area contributed by atoms with Gasteiger partial charge in [0.15, 0.2) is 0 Å². The maximum absolute atomic E-state index is 9.91. The first-order chi connectivity index (χ1) is 48.8. The van der Waals surface area contributed by atoms with Gasteiger partial charge in [-0.2, -0.15) is 0 Å². The van der Waals surface area contributed by atoms with Crippen molar-refractivity contribution in [3.63, 3.8) is 0 Å². The van der Waals surface area contributed by atoms with Gasteiger partial charge in [0.2, 0.25) is 0 Å². The Morgan fingerprint density at radius 3 is 1.48 bits per heavy atom. The summed E-state index contributed by atoms with van der Waals surface area (Å²) in [5.74, 6) is 1.33. The molecule has 0 radical (unpaired) electrons. The summed E-state index contributed by atoms with van der Waals surface area (Å²) in [6, 6.07) is 65.1. The number of hydrogen-bond donors (Lipinski definition) is 0. The minimum absolute atomic E-state index is 0.118. The average molecular weight is 1210 g/mol. The summed E-state index contributed by atoms with van der Waals surface area (Å²) in [5.41, 5.74) is 17.7. The zero-order valence-corrected chi connectivity index (χ0v) is 54.9. The standard InChI is InChI=1S/C89H79BN2O/c1-85(2,3)61-41-45-76-71(49-61)72-50-62(86(4,5)6)42-46-77(72)91(76)65-43-44-74-78(55-65)92(84-69(56-28-17-13-18-29-56)51-63(87(7,8)9)52-70(84)57-30-19-14-20-31-57)79-53-64(88(10,11)12)54-81-83(79)90(74)75-48-58(40-47-80(75)93-81)66-37-27-38-68-67-36-25-26-39-73(67)89(82(66)68,59-32-21-15-22-33-59)60-34-23-16-24-35-60/h13-55H,1-12H3/i15D,16D,21D,22D,23D,24D,32D,33D,34D,35D. The monoisotopic (exact) mass is 1210 g/mol. The normalized spacial score (nSPS) is 15.4. The van der Waals surface area contributed by atoms with Gasteiger partial charge in [-0.3, -0.25) is 0 Å². The molecule has 0 N–H and O–H groups in total. The fraction of sp³-hybridized carbons (Fsp3) is 0.191. The molecular formula is C89H79BN2O. The lowest BCUT2D eigenvalue weighted by atomic mass is 9.34. The summed E-state index contributed by atoms with van der Waals surface area (Å²) in [5, 5.41) is 2.35. The molecule has 3 nitrogen and oxygen atoms in total. The Morgan fingerprint density at radius 1 is 0.387 bits per heavy atom. The summed E-state index contributed by atoms with van der Waals surface area (Å²) >= 11 is 0. The Morgan fingerprint density at radius 2 is 0.914 bits per heavy atom. The lowest BCUT2D eigenvalue weighted by Gasteiger charge is -2.43. The van der Waals surface area contributed by atoms with E-state index in [1.165, 1.54) is 27.5 Å². The van der Waals surface area contributed by atoms with Crippen LogP contribution in [0.4, 0.5) is 17.1 Å². The molecule has 3 aliphatic rings. The molecular weight excluding hydrogens is 1120 g/mol. The van der Waals surface area contributed by atoms with Crippen LogP contribution in [-0.4, -0.2) is 11.3 Å². The molecule has 2 aliphatic heterocycles. The Labute approximate surface area is 564 Å². The van der Waals surface area contributed by atoms with Crippen molar-refractivity contribution in [1.29, 1.82) is 0 Å². The van der Waals surface area contributed by atoms with Crippen molar-refractivity contribution < 1.29 is 18.4 Å². The van der Waals surface area contributed by atoms with Crippen LogP contribution in [-0.2, 0) is 27.1 Å². The van der Waals surface area contributed by atoms with Gasteiger partial charge in [-0.1, -0.05) is 277 Å². The lowest BCUT2D eigenvalue weighted by molar-refractivity contribution is 0.483. The molecule has 0 unspecified atom stereocenters. The first kappa shape index (κ1) is 47.9. The van der Waals surface area contributed by atoms with Gasteiger partial charge in [0.05, 0.1) is 35.8 Å². The third-order valence-electron chi connectivity index (χ3n) is 19.9. The number of fused-ring (bicyclic) bond motifs is 10. The quantitative estimate of drug-likeness (QED) is 0.148. The minimum Gasteiger partial charge on any atom is -0.458 e. The zero-order valence-electron chi connectivity index (χ0n) is 64.9. The third kappa shape index (κ3) is 9.22. The lowest BCUT2D eigenvalue weighted by Crippen LogP contribution is -2.59. The predicted molar refractivity (Wildman–Crippen MR) is 395 cm³/mol. The number of anilines is 3. The van der Waals surface area contributed by atoms with Gasteiger partial charge in [-0.05, 0) is 183 Å². The van der Waals surface area contributed by atoms with Crippen molar-refractivity contribution in [3.8, 4) is 61.7 Å². The van der Waals surface area contributed by atoms with Crippen LogP contribution in [0.1, 0.15) is 141 Å². The van der Waals surface area contributed by atoms with E-state index in [-0.39, 0.29) is 32.8 Å². The van der Waals surface area contributed by atoms with Gasteiger partial charge in [0.25, 0.3) is 6.71 Å². The molecule has 3 heterocycles. The van der Waals surface area contributed by atoms with Crippen molar-refractivity contribution in [1.82, 2.24) is 4.57 Å². The third-order valence-corrected chi connectivity index (χ3v) is 19.9. The number of hydrogen-bond acceptors (Lipinski definition) is 2. The molecule has 1 aliphatic carbocycles. The van der Waals surface area contributed by atoms with Crippen molar-refractivity contribution in [3.05, 3.63) is 305 Å². The number of ether oxygens (including phenoxy) is 1. The molecule has 0 saturated carbocycles. The fourth-order valence-corrected chi connectivity index (χ4v) is 15.1. The SMILES string of the molecule is [2H]c1c([2H])c([2H])c(C2(c3c([2H])c([2H])c([2H])c([2H])c3[2H])c3ccccc3-c3cccc(-c4ccc5c(c4)B4c6ccc(-n7c8ccc(C(C)(C)C)cc8c8cc(C(C)(C)C)ccc87)cc6N(c6c(-c7ccccc7)cc(C(C)(C)C)cc6-c6ccccc6)c6cc(C(C)(C)C)cc(c64)O5)c32)c([2H])c1[2H]. The second-order valence-electron chi connectivity index (χ2n) is 29.7. The largest absolute Gasteiger partial charge is 0.458 e. The van der Waals surface area contributed by atoms with Gasteiger partial charge in [0, 0.05) is 39.0 Å². The highest BCUT2D eigenvalue weighted by Crippen LogP contribution is 2.59. The summed E-state index contributed by atoms with van der Waals surface area (Å²) in [7, 11) is 0. The molecule has 0 spiro atoms. The van der Waals surface area contributed by atoms with E-state index in [1.807, 2.05) is 42.5 Å². The zero-order chi connectivity index (χ0) is 72.8. The van der Waals surface area contributed by atoms with Crippen molar-refractivity contribution >= 4 is 62.0 Å². The average Bonchev–Trinajstić information content (AvgIpc) is 1.53. The summed E-state index contributed by atoms with van der Waals surface area (Å²) in [4.78, 5) is 2.53. The smallest absolute Gasteiger partial charge is 0.256 e. The fourth-order valence-electron chi connectivity index (χ4n) is 15.1. The van der Waals surface area contributed by atoms with E-state index in [9.17, 15) is 11.0 Å². The van der Waals surface area contributed by atoms with E-state index >= 15 is 0 Å². The van der Waals surface area contributed by atoms with Gasteiger partial charge in [-0.15, -0.1) is 0 Å². The van der Waals surface area contributed by atoms with E-state index in [0.717, 1.165) is 78.0 Å². The van der Waals surface area contributed by atoms with Gasteiger partial charge in [-0.25, -0.2) is 0 Å². The van der Waals surface area contributed by atoms with Gasteiger partial charge < -0.3 is 14.2 Å². The van der Waals surface area contributed by atoms with E-state index in [1.54, 1.807) is 12.1 Å². The molecule has 454 valence electrons. The van der Waals surface area contributed by atoms with E-state index in [2.05, 4.69) is 238 Å². The van der Waals surface area contributed by atoms with Crippen LogP contribution in [0.15, 0.2) is 261 Å². The maximum atomic E-state index is 9.91. The molecule has 16 rings (SSSR count). The molecule has 0 atom stereocenters. The molecule has 12 aromatic carbocycles. The molecule has 0 bridgehead atoms. The van der Waals surface area contributed by atoms with Crippen LogP contribution >= 0.6 is 0 Å². The van der Waals surface area contributed by atoms with Gasteiger partial charge in [0.1, 0.15) is 11.5 Å². The van der Waals surface area contributed by atoms with Gasteiger partial charge >= 0.3 is 0 Å². The van der Waals surface area contributed by atoms with E-state index < -0.39 is 72.6 Å². The second kappa shape index (κ2) is 21.1. The minimum atomic E-state index is -2.09. The molecule has 13 aromatic rings. The van der Waals surface area contributed by atoms with Crippen LogP contribution in [0.3, 0.4) is 0 Å². The number of benzene rings is 12. The molecule has 0 fully saturated rings. The van der Waals surface area contributed by atoms with Crippen molar-refractivity contribution in [2.45, 2.75) is 110 Å². The number of rotatable bonds is 7. The van der Waals surface area contributed by atoms with Crippen molar-refractivity contribution in [2.24, 2.45) is 0 Å². The molecule has 93 heavy (non-hydrogen) atoms. The Balaban J connectivity index is 1.04. The number of nitrogens with zero attached hydrogens (tertiary/aromatic N) is 2. The van der Waals surface area contributed by atoms with Crippen LogP contribution in [0.2, 0.25) is 0 Å².